The summed E-state index contributed by atoms with van der Waals surface area (Å²) in [5.74, 6) is 0.640. The second-order valence-electron chi connectivity index (χ2n) is 5.18. The van der Waals surface area contributed by atoms with Crippen LogP contribution < -0.4 is 9.80 Å². The molecule has 8 heteroatoms. The molecule has 1 atom stereocenters. The van der Waals surface area contributed by atoms with Crippen molar-refractivity contribution in [3.8, 4) is 0 Å². The molecule has 0 aromatic carbocycles. The summed E-state index contributed by atoms with van der Waals surface area (Å²) in [5.41, 5.74) is 0.726. The van der Waals surface area contributed by atoms with Crippen LogP contribution in [-0.4, -0.2) is 54.4 Å². The number of pyridine rings is 1. The second-order valence-corrected chi connectivity index (χ2v) is 6.39. The van der Waals surface area contributed by atoms with E-state index in [0.29, 0.717) is 35.1 Å². The number of likely N-dealkylation sites (N-methyl/N-ethyl adjacent to an activating group) is 1. The maximum absolute atomic E-state index is 12.6. The summed E-state index contributed by atoms with van der Waals surface area (Å²) in [6.07, 6.45) is 0. The first-order valence-corrected chi connectivity index (χ1v) is 7.73. The molecular formula is C13H14BrClN4O2. The molecule has 1 aromatic heterocycles. The highest BCUT2D eigenvalue weighted by Gasteiger charge is 2.41. The van der Waals surface area contributed by atoms with E-state index in [1.54, 1.807) is 22.9 Å². The summed E-state index contributed by atoms with van der Waals surface area (Å²) in [7, 11) is 1.72. The zero-order valence-corrected chi connectivity index (χ0v) is 14.0. The Morgan fingerprint density at radius 1 is 1.48 bits per heavy atom. The van der Waals surface area contributed by atoms with Crippen molar-refractivity contribution in [2.75, 3.05) is 36.5 Å². The van der Waals surface area contributed by atoms with Crippen LogP contribution in [0.5, 0.6) is 0 Å². The fourth-order valence-electron chi connectivity index (χ4n) is 2.78. The first kappa shape index (κ1) is 14.6. The number of hydrogen-bond acceptors (Lipinski definition) is 4. The maximum atomic E-state index is 12.6. The van der Waals surface area contributed by atoms with Gasteiger partial charge in [-0.2, -0.15) is 0 Å². The quantitative estimate of drug-likeness (QED) is 0.647. The Kier molecular flexibility index (Phi) is 3.57. The van der Waals surface area contributed by atoms with Crippen molar-refractivity contribution in [2.24, 2.45) is 0 Å². The highest BCUT2D eigenvalue weighted by molar-refractivity contribution is 9.10. The fourth-order valence-corrected chi connectivity index (χ4v) is 3.22. The summed E-state index contributed by atoms with van der Waals surface area (Å²) in [6.45, 7) is 3.06. The lowest BCUT2D eigenvalue weighted by atomic mass is 10.1. The van der Waals surface area contributed by atoms with E-state index in [2.05, 4.69) is 20.9 Å². The number of piperazine rings is 1. The number of rotatable bonds is 0. The van der Waals surface area contributed by atoms with E-state index in [9.17, 15) is 9.59 Å². The van der Waals surface area contributed by atoms with Gasteiger partial charge >= 0.3 is 0 Å². The van der Waals surface area contributed by atoms with Crippen LogP contribution in [0.2, 0.25) is 5.15 Å². The summed E-state index contributed by atoms with van der Waals surface area (Å²) < 4.78 is 0.656. The molecule has 0 spiro atoms. The van der Waals surface area contributed by atoms with Crippen molar-refractivity contribution in [1.29, 1.82) is 0 Å². The third-order valence-electron chi connectivity index (χ3n) is 3.97. The molecule has 2 amide bonds. The molecular weight excluding hydrogens is 360 g/mol. The lowest BCUT2D eigenvalue weighted by molar-refractivity contribution is -0.131. The lowest BCUT2D eigenvalue weighted by Crippen LogP contribution is -2.63. The molecule has 1 saturated heterocycles. The number of nitrogens with zero attached hydrogens (tertiary/aromatic N) is 4. The van der Waals surface area contributed by atoms with E-state index in [4.69, 9.17) is 11.6 Å². The van der Waals surface area contributed by atoms with Gasteiger partial charge in [-0.3, -0.25) is 9.59 Å². The van der Waals surface area contributed by atoms with E-state index in [1.807, 2.05) is 4.90 Å². The van der Waals surface area contributed by atoms with Crippen LogP contribution in [0.1, 0.15) is 6.92 Å². The number of hydrogen-bond donors (Lipinski definition) is 0. The molecule has 21 heavy (non-hydrogen) atoms. The number of anilines is 2. The van der Waals surface area contributed by atoms with Crippen molar-refractivity contribution < 1.29 is 9.59 Å². The van der Waals surface area contributed by atoms with Crippen molar-refractivity contribution in [2.45, 2.75) is 13.0 Å². The van der Waals surface area contributed by atoms with Crippen LogP contribution in [0.25, 0.3) is 0 Å². The van der Waals surface area contributed by atoms with Gasteiger partial charge in [0.25, 0.3) is 5.91 Å². The first-order valence-electron chi connectivity index (χ1n) is 6.56. The van der Waals surface area contributed by atoms with E-state index >= 15 is 0 Å². The zero-order chi connectivity index (χ0) is 15.3. The van der Waals surface area contributed by atoms with Crippen LogP contribution in [0.3, 0.4) is 0 Å². The number of aromatic nitrogens is 1. The van der Waals surface area contributed by atoms with Gasteiger partial charge in [-0.15, -0.1) is 0 Å². The molecule has 6 nitrogen and oxygen atoms in total. The van der Waals surface area contributed by atoms with Crippen molar-refractivity contribution in [3.05, 3.63) is 15.7 Å². The minimum absolute atomic E-state index is 0.0160. The van der Waals surface area contributed by atoms with E-state index in [0.717, 1.165) is 5.69 Å². The molecule has 112 valence electrons. The molecule has 3 rings (SSSR count). The third-order valence-corrected chi connectivity index (χ3v) is 5.09. The van der Waals surface area contributed by atoms with Crippen LogP contribution in [0.15, 0.2) is 10.5 Å². The molecule has 0 bridgehead atoms. The Hall–Kier alpha value is -1.34. The van der Waals surface area contributed by atoms with Gasteiger partial charge in [0, 0.05) is 27.1 Å². The highest BCUT2D eigenvalue weighted by Crippen LogP contribution is 2.39. The molecule has 1 fully saturated rings. The molecule has 0 aliphatic carbocycles. The summed E-state index contributed by atoms with van der Waals surface area (Å²) in [5, 5.41) is 0.365. The van der Waals surface area contributed by atoms with Gasteiger partial charge < -0.3 is 14.7 Å². The van der Waals surface area contributed by atoms with Gasteiger partial charge in [-0.25, -0.2) is 4.98 Å². The molecule has 1 aromatic rings. The normalized spacial score (nSPS) is 21.2. The Balaban J connectivity index is 2.04. The summed E-state index contributed by atoms with van der Waals surface area (Å²) >= 11 is 9.42. The number of halogens is 2. The predicted molar refractivity (Wildman–Crippen MR) is 83.7 cm³/mol. The lowest BCUT2D eigenvalue weighted by Gasteiger charge is -2.46. The summed E-state index contributed by atoms with van der Waals surface area (Å²) in [4.78, 5) is 33.7. The Bertz CT molecular complexity index is 639. The van der Waals surface area contributed by atoms with Gasteiger partial charge in [-0.1, -0.05) is 11.6 Å². The van der Waals surface area contributed by atoms with Crippen LogP contribution in [-0.2, 0) is 9.59 Å². The minimum Gasteiger partial charge on any atom is -0.339 e. The Morgan fingerprint density at radius 3 is 2.86 bits per heavy atom. The van der Waals surface area contributed by atoms with Crippen molar-refractivity contribution in [1.82, 2.24) is 9.88 Å². The number of amides is 2. The average molecular weight is 374 g/mol. The van der Waals surface area contributed by atoms with Gasteiger partial charge in [0.15, 0.2) is 5.82 Å². The summed E-state index contributed by atoms with van der Waals surface area (Å²) in [6, 6.07) is 1.40. The smallest absolute Gasteiger partial charge is 0.251 e. The van der Waals surface area contributed by atoms with Crippen molar-refractivity contribution in [3.63, 3.8) is 0 Å². The Labute approximate surface area is 135 Å². The molecule has 0 unspecified atom stereocenters. The maximum Gasteiger partial charge on any atom is 0.251 e. The highest BCUT2D eigenvalue weighted by atomic mass is 79.9. The molecule has 2 aliphatic heterocycles. The van der Waals surface area contributed by atoms with Gasteiger partial charge in [0.1, 0.15) is 11.2 Å². The van der Waals surface area contributed by atoms with Crippen LogP contribution >= 0.6 is 27.5 Å². The van der Waals surface area contributed by atoms with Gasteiger partial charge in [-0.05, 0) is 22.0 Å². The predicted octanol–water partition coefficient (Wildman–Crippen LogP) is 1.51. The van der Waals surface area contributed by atoms with Crippen LogP contribution in [0, 0.1) is 0 Å². The van der Waals surface area contributed by atoms with Crippen molar-refractivity contribution >= 4 is 50.9 Å². The zero-order valence-electron chi connectivity index (χ0n) is 11.6. The Morgan fingerprint density at radius 2 is 2.19 bits per heavy atom. The minimum atomic E-state index is -0.398. The molecule has 0 N–H and O–H groups in total. The van der Waals surface area contributed by atoms with E-state index < -0.39 is 6.04 Å². The second kappa shape index (κ2) is 5.14. The van der Waals surface area contributed by atoms with E-state index in [1.165, 1.54) is 6.92 Å². The van der Waals surface area contributed by atoms with Gasteiger partial charge in [0.2, 0.25) is 5.91 Å². The monoisotopic (exact) mass is 372 g/mol. The first-order chi connectivity index (χ1) is 9.90. The van der Waals surface area contributed by atoms with E-state index in [-0.39, 0.29) is 11.8 Å². The fraction of sp³-hybridized carbons (Fsp3) is 0.462. The average Bonchev–Trinajstić information content (AvgIpc) is 2.46. The molecule has 2 aliphatic rings. The molecule has 3 heterocycles. The van der Waals surface area contributed by atoms with Gasteiger partial charge in [0.05, 0.1) is 16.7 Å². The number of carbonyl (C=O) groups is 2. The largest absolute Gasteiger partial charge is 0.339 e. The topological polar surface area (TPSA) is 56.8 Å². The number of fused-ring (bicyclic) bond motifs is 3. The number of carbonyl (C=O) groups excluding carboxylic acids is 2. The molecule has 0 radical (unpaired) electrons. The standard InChI is InChI=1S/C13H14BrClN4O2/c1-7(20)18-3-4-19-10(6-18)13(21)17(2)9-5-8(14)11(15)16-12(9)19/h5,10H,3-4,6H2,1-2H3/t10-/m1/s1. The van der Waals surface area contributed by atoms with Crippen LogP contribution in [0.4, 0.5) is 11.5 Å². The third kappa shape index (κ3) is 2.28. The molecule has 0 saturated carbocycles. The SMILES string of the molecule is CC(=O)N1CCN2c3nc(Cl)c(Br)cc3N(C)C(=O)[C@H]2C1.